The number of nitrogens with zero attached hydrogens (tertiary/aromatic N) is 4. The summed E-state index contributed by atoms with van der Waals surface area (Å²) in [7, 11) is 0. The normalized spacial score (nSPS) is 13.2. The maximum atomic E-state index is 14.2. The summed E-state index contributed by atoms with van der Waals surface area (Å²) in [6.07, 6.45) is 2.88. The highest BCUT2D eigenvalue weighted by Gasteiger charge is 2.40. The highest BCUT2D eigenvalue weighted by Crippen LogP contribution is 2.32. The van der Waals surface area contributed by atoms with Gasteiger partial charge in [0.05, 0.1) is 6.04 Å². The number of aliphatic imine (C=N–C) groups is 1. The lowest BCUT2D eigenvalue weighted by atomic mass is 9.92. The summed E-state index contributed by atoms with van der Waals surface area (Å²) in [5.74, 6) is -0.544. The Morgan fingerprint density at radius 1 is 1.02 bits per heavy atom. The van der Waals surface area contributed by atoms with E-state index < -0.39 is 29.9 Å². The summed E-state index contributed by atoms with van der Waals surface area (Å²) in [5.41, 5.74) is 32.4. The second-order valence-electron chi connectivity index (χ2n) is 11.0. The number of aromatic hydroxyl groups is 1. The molecule has 3 rings (SSSR count). The maximum Gasteiger partial charge on any atom is 0.249 e. The number of primary amides is 1. The number of aromatic nitrogens is 2. The van der Waals surface area contributed by atoms with Gasteiger partial charge in [-0.25, -0.2) is 0 Å². The van der Waals surface area contributed by atoms with Crippen LogP contribution in [0.4, 0.5) is 0 Å². The molecule has 0 saturated carbocycles. The van der Waals surface area contributed by atoms with Gasteiger partial charge in [-0.15, -0.1) is 0 Å². The van der Waals surface area contributed by atoms with E-state index in [2.05, 4.69) is 15.1 Å². The number of benzene rings is 2. The Balaban J connectivity index is 2.06. The molecule has 0 bridgehead atoms. The largest absolute Gasteiger partial charge is 0.508 e. The zero-order valence-electron chi connectivity index (χ0n) is 25.5. The molecule has 0 aliphatic carbocycles. The molecular weight excluding hydrogens is 562 g/mol. The van der Waals surface area contributed by atoms with Crippen LogP contribution in [0.5, 0.6) is 5.75 Å². The number of hydrogen-bond acceptors (Lipinski definition) is 9. The molecule has 1 aromatic heterocycles. The standard InChI is InChI=1S/C31H45N9O4/c1-19-15-22(41)16-20(2)23(19)18-26(28(34)42)40(30(43)24(33)11-8-14-37-31(35)36)25(12-6-7-13-32)29-38-27(39-44-29)17-21-9-4-3-5-10-21/h3-5,9-10,15-16,24-26,41H,6-8,11-14,17-18,32-33H2,1-2H3,(H2,34,42)(H4,35,36,37). The van der Waals surface area contributed by atoms with Crippen LogP contribution in [-0.4, -0.2) is 63.1 Å². The van der Waals surface area contributed by atoms with E-state index in [-0.39, 0.29) is 30.4 Å². The van der Waals surface area contributed by atoms with Crippen molar-refractivity contribution in [3.05, 3.63) is 76.4 Å². The number of aryl methyl sites for hydroxylation is 2. The summed E-state index contributed by atoms with van der Waals surface area (Å²) < 4.78 is 5.75. The lowest BCUT2D eigenvalue weighted by Gasteiger charge is -2.37. The van der Waals surface area contributed by atoms with Gasteiger partial charge >= 0.3 is 0 Å². The fourth-order valence-corrected chi connectivity index (χ4v) is 5.30. The van der Waals surface area contributed by atoms with Crippen molar-refractivity contribution in [3.63, 3.8) is 0 Å². The maximum absolute atomic E-state index is 14.2. The molecule has 0 radical (unpaired) electrons. The first-order chi connectivity index (χ1) is 21.0. The van der Waals surface area contributed by atoms with Crippen molar-refractivity contribution in [1.29, 1.82) is 0 Å². The summed E-state index contributed by atoms with van der Waals surface area (Å²) in [4.78, 5) is 37.5. The van der Waals surface area contributed by atoms with Crippen LogP contribution >= 0.6 is 0 Å². The van der Waals surface area contributed by atoms with Gasteiger partial charge in [-0.1, -0.05) is 35.5 Å². The molecule has 13 heteroatoms. The van der Waals surface area contributed by atoms with E-state index >= 15 is 0 Å². The lowest BCUT2D eigenvalue weighted by molar-refractivity contribution is -0.144. The number of rotatable bonds is 17. The molecule has 0 fully saturated rings. The first-order valence-corrected chi connectivity index (χ1v) is 14.8. The van der Waals surface area contributed by atoms with E-state index in [9.17, 15) is 14.7 Å². The van der Waals surface area contributed by atoms with Gasteiger partial charge in [-0.2, -0.15) is 4.98 Å². The minimum absolute atomic E-state index is 0.0531. The predicted octanol–water partition coefficient (Wildman–Crippen LogP) is 1.46. The third-order valence-electron chi connectivity index (χ3n) is 7.52. The van der Waals surface area contributed by atoms with Gasteiger partial charge in [0.25, 0.3) is 0 Å². The molecule has 3 aromatic rings. The second kappa shape index (κ2) is 16.4. The van der Waals surface area contributed by atoms with E-state index in [1.807, 2.05) is 44.2 Å². The Morgan fingerprint density at radius 2 is 1.70 bits per heavy atom. The molecule has 44 heavy (non-hydrogen) atoms. The number of phenols is 1. The number of nitrogens with two attached hydrogens (primary N) is 5. The Morgan fingerprint density at radius 3 is 2.32 bits per heavy atom. The Bertz CT molecular complexity index is 1380. The number of hydrogen-bond donors (Lipinski definition) is 6. The topological polar surface area (TPSA) is 239 Å². The van der Waals surface area contributed by atoms with Crippen LogP contribution in [0.1, 0.15) is 72.1 Å². The first kappa shape index (κ1) is 34.0. The fourth-order valence-electron chi connectivity index (χ4n) is 5.30. The number of unbranched alkanes of at least 4 members (excludes halogenated alkanes) is 1. The number of carbonyl (C=O) groups is 2. The smallest absolute Gasteiger partial charge is 0.249 e. The van der Waals surface area contributed by atoms with Gasteiger partial charge in [-0.05, 0) is 86.9 Å². The minimum atomic E-state index is -1.11. The van der Waals surface area contributed by atoms with Crippen molar-refractivity contribution in [2.45, 2.75) is 76.9 Å². The zero-order valence-corrected chi connectivity index (χ0v) is 25.5. The fraction of sp³-hybridized carbons (Fsp3) is 0.452. The molecule has 2 aromatic carbocycles. The number of phenolic OH excluding ortho intramolecular Hbond substituents is 1. The highest BCUT2D eigenvalue weighted by molar-refractivity contribution is 5.89. The highest BCUT2D eigenvalue weighted by atomic mass is 16.5. The Hall–Kier alpha value is -4.49. The van der Waals surface area contributed by atoms with Gasteiger partial charge in [0, 0.05) is 19.4 Å². The summed E-state index contributed by atoms with van der Waals surface area (Å²) in [6.45, 7) is 4.39. The predicted molar refractivity (Wildman–Crippen MR) is 168 cm³/mol. The van der Waals surface area contributed by atoms with E-state index in [0.29, 0.717) is 51.0 Å². The quantitative estimate of drug-likeness (QED) is 0.0733. The van der Waals surface area contributed by atoms with Crippen molar-refractivity contribution in [2.75, 3.05) is 13.1 Å². The van der Waals surface area contributed by atoms with E-state index in [1.165, 1.54) is 4.90 Å². The average molecular weight is 608 g/mol. The van der Waals surface area contributed by atoms with E-state index in [4.69, 9.17) is 33.2 Å². The molecule has 2 amide bonds. The van der Waals surface area contributed by atoms with E-state index in [0.717, 1.165) is 22.3 Å². The number of amides is 2. The van der Waals surface area contributed by atoms with Gasteiger partial charge in [0.15, 0.2) is 11.8 Å². The Kier molecular flexibility index (Phi) is 12.7. The van der Waals surface area contributed by atoms with Crippen molar-refractivity contribution in [1.82, 2.24) is 15.0 Å². The molecule has 3 atom stereocenters. The summed E-state index contributed by atoms with van der Waals surface area (Å²) in [6, 6.07) is 9.99. The number of guanidine groups is 1. The molecule has 0 saturated heterocycles. The molecule has 1 heterocycles. The monoisotopic (exact) mass is 607 g/mol. The second-order valence-corrected chi connectivity index (χ2v) is 11.0. The number of carbonyl (C=O) groups excluding carboxylic acids is 2. The average Bonchev–Trinajstić information content (AvgIpc) is 3.43. The molecular formula is C31H45N9O4. The van der Waals surface area contributed by atoms with Crippen LogP contribution < -0.4 is 28.7 Å². The van der Waals surface area contributed by atoms with Gasteiger partial charge in [0.1, 0.15) is 17.8 Å². The van der Waals surface area contributed by atoms with Gasteiger partial charge in [-0.3, -0.25) is 14.6 Å². The van der Waals surface area contributed by atoms with Crippen molar-refractivity contribution < 1.29 is 19.2 Å². The zero-order chi connectivity index (χ0) is 32.2. The molecule has 0 aliphatic heterocycles. The molecule has 238 valence electrons. The Labute approximate surface area is 257 Å². The van der Waals surface area contributed by atoms with Crippen LogP contribution in [-0.2, 0) is 22.4 Å². The van der Waals surface area contributed by atoms with Crippen LogP contribution in [0.15, 0.2) is 52.0 Å². The summed E-state index contributed by atoms with van der Waals surface area (Å²) in [5, 5.41) is 14.3. The molecule has 0 spiro atoms. The van der Waals surface area contributed by atoms with Crippen LogP contribution in [0.2, 0.25) is 0 Å². The van der Waals surface area contributed by atoms with Gasteiger partial charge in [0.2, 0.25) is 17.7 Å². The van der Waals surface area contributed by atoms with Crippen LogP contribution in [0.3, 0.4) is 0 Å². The minimum Gasteiger partial charge on any atom is -0.508 e. The van der Waals surface area contributed by atoms with Crippen molar-refractivity contribution in [3.8, 4) is 5.75 Å². The SMILES string of the molecule is Cc1cc(O)cc(C)c1CC(C(N)=O)N(C(=O)C(N)CCCN=C(N)N)C(CCCCN)c1nc(Cc2ccccc2)no1. The van der Waals surface area contributed by atoms with Crippen molar-refractivity contribution >= 4 is 17.8 Å². The van der Waals surface area contributed by atoms with E-state index in [1.54, 1.807) is 12.1 Å². The van der Waals surface area contributed by atoms with Gasteiger partial charge < -0.3 is 43.2 Å². The molecule has 11 N–H and O–H groups in total. The molecule has 0 aliphatic rings. The van der Waals surface area contributed by atoms with Crippen LogP contribution in [0, 0.1) is 13.8 Å². The molecule has 3 unspecified atom stereocenters. The third-order valence-corrected chi connectivity index (χ3v) is 7.52. The lowest BCUT2D eigenvalue weighted by Crippen LogP contribution is -2.55. The first-order valence-electron chi connectivity index (χ1n) is 14.8. The summed E-state index contributed by atoms with van der Waals surface area (Å²) >= 11 is 0. The molecule has 13 nitrogen and oxygen atoms in total. The van der Waals surface area contributed by atoms with Crippen molar-refractivity contribution in [2.24, 2.45) is 33.7 Å². The third kappa shape index (κ3) is 9.51. The van der Waals surface area contributed by atoms with Crippen LogP contribution in [0.25, 0.3) is 0 Å².